The molecule has 0 saturated heterocycles. The lowest BCUT2D eigenvalue weighted by Crippen LogP contribution is -2.17. The average Bonchev–Trinajstić information content (AvgIpc) is 2.77. The van der Waals surface area contributed by atoms with Crippen LogP contribution in [0.25, 0.3) is 0 Å². The van der Waals surface area contributed by atoms with E-state index in [1.54, 1.807) is 6.07 Å². The molecule has 0 aliphatic rings. The summed E-state index contributed by atoms with van der Waals surface area (Å²) in [5.74, 6) is -1.64. The van der Waals surface area contributed by atoms with E-state index in [4.69, 9.17) is 11.6 Å². The van der Waals surface area contributed by atoms with Crippen LogP contribution in [0.4, 0.5) is 8.78 Å². The van der Waals surface area contributed by atoms with Crippen LogP contribution < -0.4 is 5.32 Å². The van der Waals surface area contributed by atoms with Gasteiger partial charge in [0.15, 0.2) is 11.6 Å². The molecule has 2 aromatic rings. The van der Waals surface area contributed by atoms with Gasteiger partial charge in [-0.15, -0.1) is 11.3 Å². The third-order valence-electron chi connectivity index (χ3n) is 2.68. The molecule has 1 atom stereocenters. The van der Waals surface area contributed by atoms with Crippen LogP contribution in [0, 0.1) is 11.6 Å². The summed E-state index contributed by atoms with van der Waals surface area (Å²) in [4.78, 5) is 0. The largest absolute Gasteiger partial charge is 0.306 e. The first-order valence-electron chi connectivity index (χ1n) is 5.47. The van der Waals surface area contributed by atoms with Gasteiger partial charge >= 0.3 is 0 Å². The molecule has 0 fully saturated rings. The highest BCUT2D eigenvalue weighted by Gasteiger charge is 2.08. The summed E-state index contributed by atoms with van der Waals surface area (Å²) < 4.78 is 26.5. The molecule has 1 N–H and O–H groups in total. The standard InChI is InChI=1S/C13H12ClF2NS/c1-8(10-5-13(14)18-7-10)17-6-9-2-3-11(15)12(16)4-9/h2-5,7-8,17H,6H2,1H3. The summed E-state index contributed by atoms with van der Waals surface area (Å²) in [6.07, 6.45) is 0. The lowest BCUT2D eigenvalue weighted by Gasteiger charge is -2.12. The van der Waals surface area contributed by atoms with E-state index >= 15 is 0 Å². The Morgan fingerprint density at radius 2 is 2.06 bits per heavy atom. The van der Waals surface area contributed by atoms with Crippen LogP contribution in [0.3, 0.4) is 0 Å². The van der Waals surface area contributed by atoms with Crippen molar-refractivity contribution in [3.63, 3.8) is 0 Å². The summed E-state index contributed by atoms with van der Waals surface area (Å²) in [5, 5.41) is 5.21. The zero-order chi connectivity index (χ0) is 13.1. The molecule has 0 amide bonds. The number of rotatable bonds is 4. The van der Waals surface area contributed by atoms with Gasteiger partial charge in [0.1, 0.15) is 0 Å². The molecule has 1 nitrogen and oxygen atoms in total. The zero-order valence-electron chi connectivity index (χ0n) is 9.71. The van der Waals surface area contributed by atoms with Crippen LogP contribution in [-0.2, 0) is 6.54 Å². The Kier molecular flexibility index (Phi) is 4.32. The summed E-state index contributed by atoms with van der Waals surface area (Å²) in [6.45, 7) is 2.48. The van der Waals surface area contributed by atoms with Gasteiger partial charge in [0.2, 0.25) is 0 Å². The molecular formula is C13H12ClF2NS. The van der Waals surface area contributed by atoms with Crippen LogP contribution in [-0.4, -0.2) is 0 Å². The molecule has 1 aromatic carbocycles. The Labute approximate surface area is 113 Å². The summed E-state index contributed by atoms with van der Waals surface area (Å²) >= 11 is 7.33. The van der Waals surface area contributed by atoms with Gasteiger partial charge in [0, 0.05) is 12.6 Å². The number of nitrogens with one attached hydrogen (secondary N) is 1. The first-order chi connectivity index (χ1) is 8.56. The van der Waals surface area contributed by atoms with Crippen LogP contribution in [0.2, 0.25) is 4.34 Å². The van der Waals surface area contributed by atoms with E-state index in [0.717, 1.165) is 16.0 Å². The van der Waals surface area contributed by atoms with Crippen molar-refractivity contribution in [1.82, 2.24) is 5.32 Å². The normalized spacial score (nSPS) is 12.7. The van der Waals surface area contributed by atoms with Crippen LogP contribution in [0.15, 0.2) is 29.6 Å². The van der Waals surface area contributed by atoms with E-state index in [-0.39, 0.29) is 6.04 Å². The maximum atomic E-state index is 13.0. The maximum Gasteiger partial charge on any atom is 0.159 e. The highest BCUT2D eigenvalue weighted by Crippen LogP contribution is 2.24. The van der Waals surface area contributed by atoms with Gasteiger partial charge < -0.3 is 5.32 Å². The van der Waals surface area contributed by atoms with Gasteiger partial charge in [0.25, 0.3) is 0 Å². The predicted molar refractivity (Wildman–Crippen MR) is 70.9 cm³/mol. The van der Waals surface area contributed by atoms with Gasteiger partial charge in [-0.05, 0) is 41.6 Å². The average molecular weight is 288 g/mol. The third-order valence-corrected chi connectivity index (χ3v) is 3.79. The lowest BCUT2D eigenvalue weighted by molar-refractivity contribution is 0.504. The molecule has 1 unspecified atom stereocenters. The fourth-order valence-electron chi connectivity index (χ4n) is 1.59. The predicted octanol–water partition coefficient (Wildman–Crippen LogP) is 4.53. The van der Waals surface area contributed by atoms with E-state index in [0.29, 0.717) is 12.1 Å². The van der Waals surface area contributed by atoms with Gasteiger partial charge in [-0.1, -0.05) is 17.7 Å². The first-order valence-corrected chi connectivity index (χ1v) is 6.73. The van der Waals surface area contributed by atoms with Crippen LogP contribution in [0.1, 0.15) is 24.1 Å². The topological polar surface area (TPSA) is 12.0 Å². The molecule has 1 heterocycles. The minimum Gasteiger partial charge on any atom is -0.306 e. The number of benzene rings is 1. The fourth-order valence-corrected chi connectivity index (χ4v) is 2.57. The number of hydrogen-bond donors (Lipinski definition) is 1. The van der Waals surface area contributed by atoms with Gasteiger partial charge in [-0.3, -0.25) is 0 Å². The Hall–Kier alpha value is -0.970. The second-order valence-electron chi connectivity index (χ2n) is 4.04. The Morgan fingerprint density at radius 1 is 1.28 bits per heavy atom. The SMILES string of the molecule is CC(NCc1ccc(F)c(F)c1)c1csc(Cl)c1. The lowest BCUT2D eigenvalue weighted by atomic mass is 10.1. The number of hydrogen-bond acceptors (Lipinski definition) is 2. The van der Waals surface area contributed by atoms with E-state index in [1.165, 1.54) is 17.4 Å². The monoisotopic (exact) mass is 287 g/mol. The van der Waals surface area contributed by atoms with Crippen LogP contribution >= 0.6 is 22.9 Å². The second-order valence-corrected chi connectivity index (χ2v) is 5.58. The molecule has 0 spiro atoms. The highest BCUT2D eigenvalue weighted by molar-refractivity contribution is 7.14. The molecule has 18 heavy (non-hydrogen) atoms. The Bertz CT molecular complexity index is 542. The Morgan fingerprint density at radius 3 is 2.67 bits per heavy atom. The van der Waals surface area contributed by atoms with Gasteiger partial charge in [-0.25, -0.2) is 8.78 Å². The zero-order valence-corrected chi connectivity index (χ0v) is 11.3. The quantitative estimate of drug-likeness (QED) is 0.871. The molecule has 5 heteroatoms. The molecule has 2 rings (SSSR count). The van der Waals surface area contributed by atoms with E-state index in [9.17, 15) is 8.78 Å². The van der Waals surface area contributed by atoms with E-state index < -0.39 is 11.6 Å². The number of thiophene rings is 1. The summed E-state index contributed by atoms with van der Waals surface area (Å²) in [7, 11) is 0. The first kappa shape index (κ1) is 13.5. The van der Waals surface area contributed by atoms with Crippen LogP contribution in [0.5, 0.6) is 0 Å². The molecule has 0 bridgehead atoms. The van der Waals surface area contributed by atoms with Crippen molar-refractivity contribution < 1.29 is 8.78 Å². The molecule has 1 aromatic heterocycles. The summed E-state index contributed by atoms with van der Waals surface area (Å²) in [6, 6.07) is 5.92. The molecular weight excluding hydrogens is 276 g/mol. The minimum atomic E-state index is -0.823. The molecule has 96 valence electrons. The summed E-state index contributed by atoms with van der Waals surface area (Å²) in [5.41, 5.74) is 1.80. The Balaban J connectivity index is 1.97. The second kappa shape index (κ2) is 5.78. The van der Waals surface area contributed by atoms with E-state index in [2.05, 4.69) is 5.32 Å². The van der Waals surface area contributed by atoms with E-state index in [1.807, 2.05) is 18.4 Å². The van der Waals surface area contributed by atoms with Crippen molar-refractivity contribution in [2.24, 2.45) is 0 Å². The van der Waals surface area contributed by atoms with Crippen molar-refractivity contribution in [3.8, 4) is 0 Å². The van der Waals surface area contributed by atoms with Crippen molar-refractivity contribution in [1.29, 1.82) is 0 Å². The molecule has 0 aliphatic carbocycles. The van der Waals surface area contributed by atoms with Crippen molar-refractivity contribution in [2.75, 3.05) is 0 Å². The van der Waals surface area contributed by atoms with Crippen molar-refractivity contribution in [2.45, 2.75) is 19.5 Å². The smallest absolute Gasteiger partial charge is 0.159 e. The van der Waals surface area contributed by atoms with Gasteiger partial charge in [-0.2, -0.15) is 0 Å². The highest BCUT2D eigenvalue weighted by atomic mass is 35.5. The maximum absolute atomic E-state index is 13.0. The minimum absolute atomic E-state index is 0.113. The molecule has 0 radical (unpaired) electrons. The molecule has 0 aliphatic heterocycles. The van der Waals surface area contributed by atoms with Gasteiger partial charge in [0.05, 0.1) is 4.34 Å². The fraction of sp³-hybridized carbons (Fsp3) is 0.231. The van der Waals surface area contributed by atoms with Crippen molar-refractivity contribution in [3.05, 3.63) is 56.7 Å². The molecule has 0 saturated carbocycles. The third kappa shape index (κ3) is 3.28. The number of halogens is 3. The van der Waals surface area contributed by atoms with Crippen molar-refractivity contribution >= 4 is 22.9 Å².